The second-order valence-corrected chi connectivity index (χ2v) is 4.37. The lowest BCUT2D eigenvalue weighted by atomic mass is 10.4. The van der Waals surface area contributed by atoms with E-state index in [1.54, 1.807) is 12.4 Å². The number of aromatic nitrogens is 2. The van der Waals surface area contributed by atoms with Gasteiger partial charge in [-0.1, -0.05) is 5.16 Å². The van der Waals surface area contributed by atoms with Crippen LogP contribution < -0.4 is 17.0 Å². The Morgan fingerprint density at radius 2 is 2.39 bits per heavy atom. The average molecular weight is 265 g/mol. The van der Waals surface area contributed by atoms with Crippen molar-refractivity contribution >= 4 is 23.4 Å². The van der Waals surface area contributed by atoms with Crippen molar-refractivity contribution in [3.05, 3.63) is 36.0 Å². The minimum absolute atomic E-state index is 0.149. The second kappa shape index (κ2) is 5.52. The molecule has 0 fully saturated rings. The maximum atomic E-state index is 11.2. The summed E-state index contributed by atoms with van der Waals surface area (Å²) in [6.07, 6.45) is 3.24. The van der Waals surface area contributed by atoms with Crippen LogP contribution in [0.15, 0.2) is 33.9 Å². The van der Waals surface area contributed by atoms with E-state index >= 15 is 0 Å². The summed E-state index contributed by atoms with van der Waals surface area (Å²) in [7, 11) is 0. The molecule has 7 nitrogen and oxygen atoms in total. The van der Waals surface area contributed by atoms with Crippen LogP contribution >= 0.6 is 11.8 Å². The largest absolute Gasteiger partial charge is 0.397 e. The van der Waals surface area contributed by atoms with E-state index in [1.165, 1.54) is 17.8 Å². The van der Waals surface area contributed by atoms with Crippen molar-refractivity contribution in [1.82, 2.24) is 15.6 Å². The number of nitrogens with one attached hydrogen (secondary N) is 1. The van der Waals surface area contributed by atoms with Gasteiger partial charge in [0, 0.05) is 17.2 Å². The molecule has 0 radical (unpaired) electrons. The molecular weight excluding hydrogens is 254 g/mol. The van der Waals surface area contributed by atoms with Gasteiger partial charge < -0.3 is 10.3 Å². The number of nitrogens with two attached hydrogens (primary N) is 2. The molecule has 0 bridgehead atoms. The summed E-state index contributed by atoms with van der Waals surface area (Å²) in [6, 6.07) is 3.34. The van der Waals surface area contributed by atoms with Crippen molar-refractivity contribution in [2.24, 2.45) is 5.84 Å². The van der Waals surface area contributed by atoms with E-state index in [4.69, 9.17) is 16.1 Å². The fourth-order valence-electron chi connectivity index (χ4n) is 1.24. The maximum Gasteiger partial charge on any atom is 0.287 e. The van der Waals surface area contributed by atoms with E-state index in [0.29, 0.717) is 17.2 Å². The first-order chi connectivity index (χ1) is 8.70. The smallest absolute Gasteiger partial charge is 0.287 e. The first kappa shape index (κ1) is 12.4. The van der Waals surface area contributed by atoms with Gasteiger partial charge in [-0.25, -0.2) is 5.84 Å². The zero-order valence-corrected chi connectivity index (χ0v) is 10.1. The lowest BCUT2D eigenvalue weighted by molar-refractivity contribution is 0.0944. The van der Waals surface area contributed by atoms with Crippen LogP contribution in [0.2, 0.25) is 0 Å². The van der Waals surface area contributed by atoms with E-state index < -0.39 is 5.91 Å². The van der Waals surface area contributed by atoms with Gasteiger partial charge in [0.2, 0.25) is 0 Å². The first-order valence-electron chi connectivity index (χ1n) is 4.99. The van der Waals surface area contributed by atoms with Crippen LogP contribution in [0.3, 0.4) is 0 Å². The number of hydrogen-bond donors (Lipinski definition) is 3. The number of carbonyl (C=O) groups is 1. The Kier molecular flexibility index (Phi) is 3.80. The molecule has 94 valence electrons. The van der Waals surface area contributed by atoms with Crippen molar-refractivity contribution in [3.8, 4) is 0 Å². The molecule has 2 heterocycles. The van der Waals surface area contributed by atoms with Crippen LogP contribution in [0.4, 0.5) is 5.69 Å². The molecular formula is C10H11N5O2S. The Hall–Kier alpha value is -2.06. The molecule has 0 saturated carbocycles. The number of anilines is 1. The van der Waals surface area contributed by atoms with E-state index in [-0.39, 0.29) is 5.69 Å². The van der Waals surface area contributed by atoms with Gasteiger partial charge in [-0.2, -0.15) is 0 Å². The third-order valence-electron chi connectivity index (χ3n) is 2.10. The van der Waals surface area contributed by atoms with Crippen molar-refractivity contribution in [3.63, 3.8) is 0 Å². The minimum atomic E-state index is -0.488. The van der Waals surface area contributed by atoms with Crippen LogP contribution in [0.1, 0.15) is 16.2 Å². The highest BCUT2D eigenvalue weighted by Gasteiger charge is 2.11. The quantitative estimate of drug-likeness (QED) is 0.319. The van der Waals surface area contributed by atoms with Crippen LogP contribution in [0.25, 0.3) is 0 Å². The Morgan fingerprint density at radius 3 is 3.11 bits per heavy atom. The highest BCUT2D eigenvalue weighted by Crippen LogP contribution is 2.27. The normalized spacial score (nSPS) is 10.3. The molecule has 2 aromatic rings. The molecule has 0 unspecified atom stereocenters. The standard InChI is InChI=1S/C10H11N5O2S/c11-7-4-13-2-1-9(7)18-5-6-3-8(15-17-6)10(16)14-12/h1-4H,5,11-12H2,(H,14,16). The number of nitrogens with zero attached hydrogens (tertiary/aromatic N) is 2. The van der Waals surface area contributed by atoms with E-state index in [1.807, 2.05) is 11.5 Å². The zero-order chi connectivity index (χ0) is 13.0. The summed E-state index contributed by atoms with van der Waals surface area (Å²) in [5, 5.41) is 3.60. The summed E-state index contributed by atoms with van der Waals surface area (Å²) in [5.74, 6) is 5.58. The first-order valence-corrected chi connectivity index (χ1v) is 5.98. The molecule has 0 aromatic carbocycles. The van der Waals surface area contributed by atoms with Gasteiger partial charge >= 0.3 is 0 Å². The second-order valence-electron chi connectivity index (χ2n) is 3.35. The van der Waals surface area contributed by atoms with Gasteiger partial charge in [-0.15, -0.1) is 11.8 Å². The molecule has 0 aliphatic rings. The SMILES string of the molecule is NNC(=O)c1cc(CSc2ccncc2N)on1. The van der Waals surface area contributed by atoms with Gasteiger partial charge in [0.15, 0.2) is 5.69 Å². The maximum absolute atomic E-state index is 11.2. The van der Waals surface area contributed by atoms with Crippen molar-refractivity contribution < 1.29 is 9.32 Å². The Bertz CT molecular complexity index is 557. The summed E-state index contributed by atoms with van der Waals surface area (Å²) in [5.41, 5.74) is 8.48. The van der Waals surface area contributed by atoms with Crippen molar-refractivity contribution in [2.45, 2.75) is 10.6 Å². The summed E-state index contributed by atoms with van der Waals surface area (Å²) in [6.45, 7) is 0. The van der Waals surface area contributed by atoms with E-state index in [2.05, 4.69) is 10.1 Å². The topological polar surface area (TPSA) is 120 Å². The van der Waals surface area contributed by atoms with Crippen LogP contribution in [-0.4, -0.2) is 16.0 Å². The molecule has 2 aromatic heterocycles. The molecule has 0 spiro atoms. The van der Waals surface area contributed by atoms with Gasteiger partial charge in [0.05, 0.1) is 17.6 Å². The molecule has 8 heteroatoms. The summed E-state index contributed by atoms with van der Waals surface area (Å²) in [4.78, 5) is 16.0. The minimum Gasteiger partial charge on any atom is -0.397 e. The van der Waals surface area contributed by atoms with Crippen LogP contribution in [0.5, 0.6) is 0 Å². The zero-order valence-electron chi connectivity index (χ0n) is 9.29. The molecule has 0 saturated heterocycles. The number of hydrogen-bond acceptors (Lipinski definition) is 7. The molecule has 0 atom stereocenters. The molecule has 2 rings (SSSR count). The Balaban J connectivity index is 2.01. The average Bonchev–Trinajstić information content (AvgIpc) is 2.86. The van der Waals surface area contributed by atoms with Gasteiger partial charge in [-0.3, -0.25) is 15.2 Å². The number of nitrogen functional groups attached to an aromatic ring is 2. The Labute approximate surface area is 107 Å². The van der Waals surface area contributed by atoms with Gasteiger partial charge in [-0.05, 0) is 6.07 Å². The number of thioether (sulfide) groups is 1. The fraction of sp³-hybridized carbons (Fsp3) is 0.100. The van der Waals surface area contributed by atoms with E-state index in [0.717, 1.165) is 4.90 Å². The summed E-state index contributed by atoms with van der Waals surface area (Å²) >= 11 is 1.47. The fourth-order valence-corrected chi connectivity index (χ4v) is 2.05. The summed E-state index contributed by atoms with van der Waals surface area (Å²) < 4.78 is 5.01. The predicted molar refractivity (Wildman–Crippen MR) is 66.4 cm³/mol. The highest BCUT2D eigenvalue weighted by atomic mass is 32.2. The van der Waals surface area contributed by atoms with Crippen LogP contribution in [-0.2, 0) is 5.75 Å². The number of amides is 1. The number of rotatable bonds is 4. The van der Waals surface area contributed by atoms with Gasteiger partial charge in [0.25, 0.3) is 5.91 Å². The number of pyridine rings is 1. The third kappa shape index (κ3) is 2.79. The predicted octanol–water partition coefficient (Wildman–Crippen LogP) is 0.548. The molecule has 18 heavy (non-hydrogen) atoms. The lowest BCUT2D eigenvalue weighted by Crippen LogP contribution is -2.30. The van der Waals surface area contributed by atoms with Crippen molar-refractivity contribution in [2.75, 3.05) is 5.73 Å². The van der Waals surface area contributed by atoms with E-state index in [9.17, 15) is 4.79 Å². The number of hydrazine groups is 1. The molecule has 0 aliphatic carbocycles. The molecule has 0 aliphatic heterocycles. The third-order valence-corrected chi connectivity index (χ3v) is 3.21. The van der Waals surface area contributed by atoms with Crippen LogP contribution in [0, 0.1) is 0 Å². The molecule has 1 amide bonds. The van der Waals surface area contributed by atoms with Gasteiger partial charge in [0.1, 0.15) is 5.76 Å². The highest BCUT2D eigenvalue weighted by molar-refractivity contribution is 7.98. The van der Waals surface area contributed by atoms with Crippen molar-refractivity contribution in [1.29, 1.82) is 0 Å². The molecule has 5 N–H and O–H groups in total. The number of carbonyl (C=O) groups excluding carboxylic acids is 1. The lowest BCUT2D eigenvalue weighted by Gasteiger charge is -2.01. The Morgan fingerprint density at radius 1 is 1.56 bits per heavy atom. The monoisotopic (exact) mass is 265 g/mol.